The number of ether oxygens (including phenoxy) is 1. The van der Waals surface area contributed by atoms with Crippen LogP contribution in [0.1, 0.15) is 58.8 Å². The lowest BCUT2D eigenvalue weighted by atomic mass is 9.86. The zero-order valence-corrected chi connectivity index (χ0v) is 13.8. The molecule has 0 saturated carbocycles. The minimum atomic E-state index is 0.0188. The number of likely N-dealkylation sites (tertiary alicyclic amines) is 1. The number of hydrogen-bond acceptors (Lipinski definition) is 3. The zero-order valence-electron chi connectivity index (χ0n) is 13.8. The molecule has 0 aromatic carbocycles. The Kier molecular flexibility index (Phi) is 6.31. The molecule has 2 fully saturated rings. The standard InChI is InChI=1S/C17H34N2O/c1-17(2,20-3)10-14-19-13-6-4-5-7-16(19)15-8-11-18-12-9-15/h15-16,18H,4-14H2,1-3H3. The smallest absolute Gasteiger partial charge is 0.0634 e. The third kappa shape index (κ3) is 4.71. The number of methoxy groups -OCH3 is 1. The van der Waals surface area contributed by atoms with E-state index in [1.165, 1.54) is 64.7 Å². The highest BCUT2D eigenvalue weighted by Crippen LogP contribution is 2.29. The van der Waals surface area contributed by atoms with Gasteiger partial charge < -0.3 is 15.0 Å². The summed E-state index contributed by atoms with van der Waals surface area (Å²) in [4.78, 5) is 2.80. The molecule has 3 nitrogen and oxygen atoms in total. The first-order valence-corrected chi connectivity index (χ1v) is 8.62. The average molecular weight is 282 g/mol. The molecule has 0 spiro atoms. The molecule has 2 saturated heterocycles. The van der Waals surface area contributed by atoms with Crippen molar-refractivity contribution in [2.45, 2.75) is 70.4 Å². The van der Waals surface area contributed by atoms with Crippen LogP contribution in [0.5, 0.6) is 0 Å². The molecule has 1 atom stereocenters. The lowest BCUT2D eigenvalue weighted by Crippen LogP contribution is -2.46. The molecule has 20 heavy (non-hydrogen) atoms. The molecule has 0 radical (unpaired) electrons. The lowest BCUT2D eigenvalue weighted by Gasteiger charge is -2.39. The van der Waals surface area contributed by atoms with Crippen molar-refractivity contribution in [3.05, 3.63) is 0 Å². The summed E-state index contributed by atoms with van der Waals surface area (Å²) < 4.78 is 5.60. The quantitative estimate of drug-likeness (QED) is 0.839. The molecule has 118 valence electrons. The molecule has 1 N–H and O–H groups in total. The highest BCUT2D eigenvalue weighted by Gasteiger charge is 2.30. The predicted octanol–water partition coefficient (Wildman–Crippen LogP) is 3.05. The number of nitrogens with one attached hydrogen (secondary N) is 1. The average Bonchev–Trinajstić information content (AvgIpc) is 2.71. The second-order valence-electron chi connectivity index (χ2n) is 7.25. The largest absolute Gasteiger partial charge is 0.379 e. The van der Waals surface area contributed by atoms with Crippen molar-refractivity contribution in [2.75, 3.05) is 33.3 Å². The van der Waals surface area contributed by atoms with E-state index in [2.05, 4.69) is 24.1 Å². The maximum Gasteiger partial charge on any atom is 0.0634 e. The van der Waals surface area contributed by atoms with Gasteiger partial charge in [-0.1, -0.05) is 12.8 Å². The van der Waals surface area contributed by atoms with E-state index in [1.54, 1.807) is 0 Å². The summed E-state index contributed by atoms with van der Waals surface area (Å²) in [7, 11) is 1.84. The Balaban J connectivity index is 1.93. The summed E-state index contributed by atoms with van der Waals surface area (Å²) in [5, 5.41) is 3.51. The Labute approximate surface area is 125 Å². The van der Waals surface area contributed by atoms with Crippen molar-refractivity contribution >= 4 is 0 Å². The third-order valence-electron chi connectivity index (χ3n) is 5.40. The fourth-order valence-electron chi connectivity index (χ4n) is 3.75. The van der Waals surface area contributed by atoms with Crippen LogP contribution >= 0.6 is 0 Å². The van der Waals surface area contributed by atoms with Crippen molar-refractivity contribution < 1.29 is 4.74 Å². The van der Waals surface area contributed by atoms with Gasteiger partial charge in [-0.2, -0.15) is 0 Å². The second-order valence-corrected chi connectivity index (χ2v) is 7.25. The summed E-state index contributed by atoms with van der Waals surface area (Å²) in [6, 6.07) is 0.826. The topological polar surface area (TPSA) is 24.5 Å². The molecule has 0 amide bonds. The first-order chi connectivity index (χ1) is 9.62. The van der Waals surface area contributed by atoms with Gasteiger partial charge >= 0.3 is 0 Å². The van der Waals surface area contributed by atoms with E-state index in [0.29, 0.717) is 0 Å². The molecule has 2 rings (SSSR count). The lowest BCUT2D eigenvalue weighted by molar-refractivity contribution is -0.00000974. The maximum atomic E-state index is 5.60. The highest BCUT2D eigenvalue weighted by atomic mass is 16.5. The molecule has 0 bridgehead atoms. The zero-order chi connectivity index (χ0) is 14.4. The minimum Gasteiger partial charge on any atom is -0.379 e. The van der Waals surface area contributed by atoms with Crippen LogP contribution in [0, 0.1) is 5.92 Å². The minimum absolute atomic E-state index is 0.0188. The van der Waals surface area contributed by atoms with Crippen molar-refractivity contribution in [1.82, 2.24) is 10.2 Å². The summed E-state index contributed by atoms with van der Waals surface area (Å²) >= 11 is 0. The second kappa shape index (κ2) is 7.77. The summed E-state index contributed by atoms with van der Waals surface area (Å²) in [6.07, 6.45) is 9.53. The van der Waals surface area contributed by atoms with E-state index in [4.69, 9.17) is 4.74 Å². The SMILES string of the molecule is COC(C)(C)CCN1CCCCCC1C1CCNCC1. The number of hydrogen-bond donors (Lipinski definition) is 1. The van der Waals surface area contributed by atoms with Gasteiger partial charge in [-0.3, -0.25) is 0 Å². The fourth-order valence-corrected chi connectivity index (χ4v) is 3.75. The molecule has 0 aliphatic carbocycles. The number of rotatable bonds is 5. The third-order valence-corrected chi connectivity index (χ3v) is 5.40. The molecule has 2 heterocycles. The van der Waals surface area contributed by atoms with Gasteiger partial charge in [0, 0.05) is 19.7 Å². The number of nitrogens with zero attached hydrogens (tertiary/aromatic N) is 1. The van der Waals surface area contributed by atoms with E-state index in [0.717, 1.165) is 18.4 Å². The Morgan fingerprint density at radius 3 is 2.55 bits per heavy atom. The predicted molar refractivity (Wildman–Crippen MR) is 85.1 cm³/mol. The van der Waals surface area contributed by atoms with Crippen LogP contribution in [-0.2, 0) is 4.74 Å². The molecular formula is C17H34N2O. The monoisotopic (exact) mass is 282 g/mol. The molecule has 2 aliphatic rings. The first kappa shape index (κ1) is 16.3. The van der Waals surface area contributed by atoms with Gasteiger partial charge in [0.1, 0.15) is 0 Å². The van der Waals surface area contributed by atoms with Crippen molar-refractivity contribution in [3.63, 3.8) is 0 Å². The summed E-state index contributed by atoms with van der Waals surface area (Å²) in [5.41, 5.74) is 0.0188. The van der Waals surface area contributed by atoms with Crippen LogP contribution in [0.15, 0.2) is 0 Å². The molecule has 0 aromatic heterocycles. The Bertz CT molecular complexity index is 274. The highest BCUT2D eigenvalue weighted by molar-refractivity contribution is 4.86. The van der Waals surface area contributed by atoms with Crippen LogP contribution in [0.4, 0.5) is 0 Å². The molecule has 1 unspecified atom stereocenters. The maximum absolute atomic E-state index is 5.60. The van der Waals surface area contributed by atoms with E-state index >= 15 is 0 Å². The van der Waals surface area contributed by atoms with E-state index in [9.17, 15) is 0 Å². The summed E-state index contributed by atoms with van der Waals surface area (Å²) in [5.74, 6) is 0.917. The Morgan fingerprint density at radius 1 is 1.10 bits per heavy atom. The summed E-state index contributed by atoms with van der Waals surface area (Å²) in [6.45, 7) is 9.37. The van der Waals surface area contributed by atoms with Gasteiger partial charge in [0.15, 0.2) is 0 Å². The van der Waals surface area contributed by atoms with E-state index in [1.807, 2.05) is 7.11 Å². The molecular weight excluding hydrogens is 248 g/mol. The van der Waals surface area contributed by atoms with Gasteiger partial charge in [-0.15, -0.1) is 0 Å². The normalized spacial score (nSPS) is 27.4. The van der Waals surface area contributed by atoms with Crippen molar-refractivity contribution in [3.8, 4) is 0 Å². The van der Waals surface area contributed by atoms with Gasteiger partial charge in [-0.05, 0) is 71.5 Å². The van der Waals surface area contributed by atoms with Gasteiger partial charge in [0.05, 0.1) is 5.60 Å². The van der Waals surface area contributed by atoms with Crippen LogP contribution in [-0.4, -0.2) is 49.8 Å². The fraction of sp³-hybridized carbons (Fsp3) is 1.00. The number of piperidine rings is 1. The molecule has 3 heteroatoms. The molecule has 0 aromatic rings. The van der Waals surface area contributed by atoms with Crippen LogP contribution in [0.2, 0.25) is 0 Å². The van der Waals surface area contributed by atoms with E-state index in [-0.39, 0.29) is 5.60 Å². The van der Waals surface area contributed by atoms with Crippen molar-refractivity contribution in [2.24, 2.45) is 5.92 Å². The van der Waals surface area contributed by atoms with Crippen molar-refractivity contribution in [1.29, 1.82) is 0 Å². The Hall–Kier alpha value is -0.120. The van der Waals surface area contributed by atoms with Gasteiger partial charge in [0.2, 0.25) is 0 Å². The Morgan fingerprint density at radius 2 is 1.85 bits per heavy atom. The van der Waals surface area contributed by atoms with Gasteiger partial charge in [0.25, 0.3) is 0 Å². The first-order valence-electron chi connectivity index (χ1n) is 8.62. The van der Waals surface area contributed by atoms with Gasteiger partial charge in [-0.25, -0.2) is 0 Å². The van der Waals surface area contributed by atoms with E-state index < -0.39 is 0 Å². The van der Waals surface area contributed by atoms with Crippen LogP contribution in [0.3, 0.4) is 0 Å². The van der Waals surface area contributed by atoms with Crippen LogP contribution in [0.25, 0.3) is 0 Å². The molecule has 2 aliphatic heterocycles. The van der Waals surface area contributed by atoms with Crippen LogP contribution < -0.4 is 5.32 Å².